The lowest BCUT2D eigenvalue weighted by molar-refractivity contribution is 0.102. The summed E-state index contributed by atoms with van der Waals surface area (Å²) in [5.74, 6) is 1.64. The molecule has 0 saturated heterocycles. The molecular weight excluding hydrogens is 378 g/mol. The Morgan fingerprint density at radius 3 is 2.40 bits per heavy atom. The smallest absolute Gasteiger partial charge is 0.255 e. The summed E-state index contributed by atoms with van der Waals surface area (Å²) in [6, 6.07) is 25.6. The Morgan fingerprint density at radius 2 is 1.63 bits per heavy atom. The molecule has 1 heterocycles. The maximum atomic E-state index is 12.7. The molecule has 4 aromatic rings. The van der Waals surface area contributed by atoms with Crippen LogP contribution in [0.2, 0.25) is 0 Å². The third-order valence-electron chi connectivity index (χ3n) is 4.38. The van der Waals surface area contributed by atoms with Gasteiger partial charge in [0.05, 0.1) is 12.8 Å². The highest BCUT2D eigenvalue weighted by atomic mass is 16.5. The molecule has 1 N–H and O–H groups in total. The number of carbonyl (C=O) groups is 1. The normalized spacial score (nSPS) is 10.3. The van der Waals surface area contributed by atoms with Crippen molar-refractivity contribution in [1.82, 2.24) is 9.97 Å². The lowest BCUT2D eigenvalue weighted by Crippen LogP contribution is -2.11. The van der Waals surface area contributed by atoms with Crippen LogP contribution in [0.5, 0.6) is 17.4 Å². The molecule has 6 nitrogen and oxygen atoms in total. The van der Waals surface area contributed by atoms with Crippen LogP contribution in [0.3, 0.4) is 0 Å². The first kappa shape index (κ1) is 19.1. The van der Waals surface area contributed by atoms with Crippen LogP contribution in [0.1, 0.15) is 10.4 Å². The van der Waals surface area contributed by atoms with Crippen LogP contribution in [0.4, 0.5) is 5.69 Å². The SMILES string of the molecule is COc1ccc(NC(=O)c2cccc(-c3cc(Oc4ccccc4)ncn3)c2)cc1. The van der Waals surface area contributed by atoms with Crippen molar-refractivity contribution in [2.45, 2.75) is 0 Å². The molecule has 0 aliphatic rings. The Kier molecular flexibility index (Phi) is 5.66. The predicted octanol–water partition coefficient (Wildman–Crippen LogP) is 5.20. The summed E-state index contributed by atoms with van der Waals surface area (Å²) in [7, 11) is 1.60. The van der Waals surface area contributed by atoms with Crippen molar-refractivity contribution < 1.29 is 14.3 Å². The van der Waals surface area contributed by atoms with Crippen LogP contribution in [0, 0.1) is 0 Å². The summed E-state index contributed by atoms with van der Waals surface area (Å²) in [5, 5.41) is 2.88. The molecule has 0 fully saturated rings. The number of anilines is 1. The Hall–Kier alpha value is -4.19. The van der Waals surface area contributed by atoms with Gasteiger partial charge in [-0.2, -0.15) is 0 Å². The molecule has 0 aliphatic carbocycles. The number of para-hydroxylation sites is 1. The summed E-state index contributed by atoms with van der Waals surface area (Å²) in [6.07, 6.45) is 1.44. The van der Waals surface area contributed by atoms with Gasteiger partial charge >= 0.3 is 0 Å². The molecule has 0 saturated carbocycles. The van der Waals surface area contributed by atoms with Crippen LogP contribution in [-0.2, 0) is 0 Å². The molecule has 0 unspecified atom stereocenters. The number of hydrogen-bond acceptors (Lipinski definition) is 5. The average molecular weight is 397 g/mol. The van der Waals surface area contributed by atoms with Gasteiger partial charge < -0.3 is 14.8 Å². The van der Waals surface area contributed by atoms with Crippen LogP contribution < -0.4 is 14.8 Å². The van der Waals surface area contributed by atoms with Crippen molar-refractivity contribution in [1.29, 1.82) is 0 Å². The second-order valence-electron chi connectivity index (χ2n) is 6.42. The molecule has 1 amide bonds. The van der Waals surface area contributed by atoms with Gasteiger partial charge in [-0.3, -0.25) is 4.79 Å². The van der Waals surface area contributed by atoms with E-state index in [2.05, 4.69) is 15.3 Å². The zero-order chi connectivity index (χ0) is 20.8. The molecule has 0 spiro atoms. The topological polar surface area (TPSA) is 73.3 Å². The minimum atomic E-state index is -0.211. The van der Waals surface area contributed by atoms with Gasteiger partial charge in [-0.05, 0) is 48.5 Å². The number of benzene rings is 3. The fourth-order valence-electron chi connectivity index (χ4n) is 2.86. The molecule has 30 heavy (non-hydrogen) atoms. The Bertz CT molecular complexity index is 1150. The minimum absolute atomic E-state index is 0.211. The lowest BCUT2D eigenvalue weighted by Gasteiger charge is -2.09. The number of methoxy groups -OCH3 is 1. The molecule has 4 rings (SSSR count). The van der Waals surface area contributed by atoms with Crippen molar-refractivity contribution in [2.75, 3.05) is 12.4 Å². The summed E-state index contributed by atoms with van der Waals surface area (Å²) >= 11 is 0. The number of amides is 1. The molecule has 6 heteroatoms. The zero-order valence-electron chi connectivity index (χ0n) is 16.3. The standard InChI is InChI=1S/C24H19N3O3/c1-29-20-12-10-19(11-13-20)27-24(28)18-7-5-6-17(14-18)22-15-23(26-16-25-22)30-21-8-3-2-4-9-21/h2-16H,1H3,(H,27,28). The van der Waals surface area contributed by atoms with Crippen LogP contribution in [-0.4, -0.2) is 23.0 Å². The largest absolute Gasteiger partial charge is 0.497 e. The van der Waals surface area contributed by atoms with Gasteiger partial charge in [0.25, 0.3) is 5.91 Å². The highest BCUT2D eigenvalue weighted by Gasteiger charge is 2.10. The van der Waals surface area contributed by atoms with E-state index in [0.717, 1.165) is 11.3 Å². The van der Waals surface area contributed by atoms with Crippen LogP contribution in [0.25, 0.3) is 11.3 Å². The van der Waals surface area contributed by atoms with E-state index >= 15 is 0 Å². The second-order valence-corrected chi connectivity index (χ2v) is 6.42. The molecule has 0 aliphatic heterocycles. The van der Waals surface area contributed by atoms with Gasteiger partial charge in [-0.1, -0.05) is 30.3 Å². The highest BCUT2D eigenvalue weighted by molar-refractivity contribution is 6.04. The van der Waals surface area contributed by atoms with Crippen molar-refractivity contribution in [3.05, 3.63) is 96.8 Å². The summed E-state index contributed by atoms with van der Waals surface area (Å²) in [5.41, 5.74) is 2.66. The van der Waals surface area contributed by atoms with Crippen molar-refractivity contribution >= 4 is 11.6 Å². The quantitative estimate of drug-likeness (QED) is 0.484. The minimum Gasteiger partial charge on any atom is -0.497 e. The van der Waals surface area contributed by atoms with E-state index in [-0.39, 0.29) is 5.91 Å². The molecular formula is C24H19N3O3. The second kappa shape index (κ2) is 8.87. The van der Waals surface area contributed by atoms with E-state index < -0.39 is 0 Å². The number of aromatic nitrogens is 2. The third kappa shape index (κ3) is 4.62. The molecule has 0 atom stereocenters. The maximum Gasteiger partial charge on any atom is 0.255 e. The van der Waals surface area contributed by atoms with Crippen molar-refractivity contribution in [3.63, 3.8) is 0 Å². The fraction of sp³-hybridized carbons (Fsp3) is 0.0417. The van der Waals surface area contributed by atoms with E-state index in [0.29, 0.717) is 28.6 Å². The van der Waals surface area contributed by atoms with Crippen LogP contribution >= 0.6 is 0 Å². The molecule has 3 aromatic carbocycles. The van der Waals surface area contributed by atoms with Crippen molar-refractivity contribution in [3.8, 4) is 28.6 Å². The first-order valence-electron chi connectivity index (χ1n) is 9.32. The monoisotopic (exact) mass is 397 g/mol. The number of nitrogens with zero attached hydrogens (tertiary/aromatic N) is 2. The fourth-order valence-corrected chi connectivity index (χ4v) is 2.86. The number of hydrogen-bond donors (Lipinski definition) is 1. The zero-order valence-corrected chi connectivity index (χ0v) is 16.3. The first-order chi connectivity index (χ1) is 14.7. The summed E-state index contributed by atoms with van der Waals surface area (Å²) < 4.78 is 10.9. The van der Waals surface area contributed by atoms with Gasteiger partial charge in [0.15, 0.2) is 0 Å². The predicted molar refractivity (Wildman–Crippen MR) is 115 cm³/mol. The number of nitrogens with one attached hydrogen (secondary N) is 1. The Morgan fingerprint density at radius 1 is 0.833 bits per heavy atom. The van der Waals surface area contributed by atoms with E-state index in [1.165, 1.54) is 6.33 Å². The Labute approximate surface area is 174 Å². The van der Waals surface area contributed by atoms with Gasteiger partial charge in [-0.25, -0.2) is 9.97 Å². The lowest BCUT2D eigenvalue weighted by atomic mass is 10.1. The summed E-state index contributed by atoms with van der Waals surface area (Å²) in [6.45, 7) is 0. The molecule has 148 valence electrons. The van der Waals surface area contributed by atoms with Gasteiger partial charge in [0, 0.05) is 22.9 Å². The number of ether oxygens (including phenoxy) is 2. The van der Waals surface area contributed by atoms with E-state index in [4.69, 9.17) is 9.47 Å². The molecule has 0 bridgehead atoms. The third-order valence-corrected chi connectivity index (χ3v) is 4.38. The Balaban J connectivity index is 1.52. The average Bonchev–Trinajstić information content (AvgIpc) is 2.80. The van der Waals surface area contributed by atoms with Crippen molar-refractivity contribution in [2.24, 2.45) is 0 Å². The molecule has 1 aromatic heterocycles. The van der Waals surface area contributed by atoms with E-state index in [1.807, 2.05) is 42.5 Å². The van der Waals surface area contributed by atoms with Gasteiger partial charge in [0.2, 0.25) is 5.88 Å². The number of rotatable bonds is 6. The van der Waals surface area contributed by atoms with E-state index in [9.17, 15) is 4.79 Å². The molecule has 0 radical (unpaired) electrons. The highest BCUT2D eigenvalue weighted by Crippen LogP contribution is 2.24. The summed E-state index contributed by atoms with van der Waals surface area (Å²) in [4.78, 5) is 21.1. The van der Waals surface area contributed by atoms with Crippen LogP contribution in [0.15, 0.2) is 91.3 Å². The van der Waals surface area contributed by atoms with E-state index in [1.54, 1.807) is 49.6 Å². The van der Waals surface area contributed by atoms with Gasteiger partial charge in [-0.15, -0.1) is 0 Å². The number of carbonyl (C=O) groups excluding carboxylic acids is 1. The van der Waals surface area contributed by atoms with Gasteiger partial charge in [0.1, 0.15) is 17.8 Å². The maximum absolute atomic E-state index is 12.7. The first-order valence-corrected chi connectivity index (χ1v) is 9.32.